The fourth-order valence-electron chi connectivity index (χ4n) is 7.23. The molecule has 0 aliphatic carbocycles. The van der Waals surface area contributed by atoms with Gasteiger partial charge in [0.15, 0.2) is 12.4 Å². The van der Waals surface area contributed by atoms with Crippen molar-refractivity contribution in [2.45, 2.75) is 100 Å². The van der Waals surface area contributed by atoms with E-state index in [4.69, 9.17) is 23.7 Å². The van der Waals surface area contributed by atoms with Crippen molar-refractivity contribution in [3.63, 3.8) is 0 Å². The standard InChI is InChI=1S/C44H55N3O13/c1-27-36(50)39(53)41(60-43-40(54)38(52)37(51)33(59-43)26-56-42(55)30-13-6-3-7-14-30)44(57-27)58-31-18-16-29(17-19-31)32-25-34(48)46-22-10-24-47(23-9-8-21-45-32)35(49)20-15-28-11-4-2-5-12-28/h2-7,11-20,27,32-33,36-41,43-45,50-54H,8-10,21-26H2,1H3,(H,46,48)/b20-15-/t27-,32-,33+,36-,37-,38-,39+,40+,41+,43-,44-/m0/s1. The Balaban J connectivity index is 1.07. The number of hydrogen-bond donors (Lipinski definition) is 7. The van der Waals surface area contributed by atoms with E-state index >= 15 is 0 Å². The number of esters is 1. The Kier molecular flexibility index (Phi) is 16.2. The summed E-state index contributed by atoms with van der Waals surface area (Å²) in [5, 5.41) is 60.4. The molecule has 16 nitrogen and oxygen atoms in total. The summed E-state index contributed by atoms with van der Waals surface area (Å²) in [6.07, 6.45) is -9.33. The van der Waals surface area contributed by atoms with E-state index in [1.54, 1.807) is 66.7 Å². The number of carbonyl (C=O) groups is 3. The fourth-order valence-corrected chi connectivity index (χ4v) is 7.23. The molecule has 3 aliphatic rings. The molecule has 0 spiro atoms. The van der Waals surface area contributed by atoms with E-state index in [0.29, 0.717) is 38.3 Å². The number of aliphatic hydroxyl groups is 5. The topological polar surface area (TPSA) is 226 Å². The van der Waals surface area contributed by atoms with Crippen molar-refractivity contribution in [3.8, 4) is 5.75 Å². The highest BCUT2D eigenvalue weighted by Crippen LogP contribution is 2.31. The Hall–Kier alpha value is -4.75. The second-order valence-electron chi connectivity index (χ2n) is 15.1. The van der Waals surface area contributed by atoms with Crippen LogP contribution in [0.1, 0.15) is 60.1 Å². The van der Waals surface area contributed by atoms with E-state index in [1.807, 2.05) is 35.2 Å². The first-order chi connectivity index (χ1) is 29.0. The number of amides is 2. The molecule has 3 saturated heterocycles. The predicted molar refractivity (Wildman–Crippen MR) is 216 cm³/mol. The Morgan fingerprint density at radius 1 is 0.783 bits per heavy atom. The highest BCUT2D eigenvalue weighted by Gasteiger charge is 2.51. The van der Waals surface area contributed by atoms with E-state index < -0.39 is 74.0 Å². The number of rotatable bonds is 10. The predicted octanol–water partition coefficient (Wildman–Crippen LogP) is 1.44. The number of ether oxygens (including phenoxy) is 5. The minimum Gasteiger partial charge on any atom is -0.462 e. The molecule has 2 amide bonds. The van der Waals surface area contributed by atoms with Gasteiger partial charge in [-0.15, -0.1) is 0 Å². The zero-order valence-corrected chi connectivity index (χ0v) is 33.4. The van der Waals surface area contributed by atoms with Crippen LogP contribution in [0.15, 0.2) is 91.0 Å². The second-order valence-corrected chi connectivity index (χ2v) is 15.1. The smallest absolute Gasteiger partial charge is 0.338 e. The van der Waals surface area contributed by atoms with Crippen LogP contribution in [0, 0.1) is 0 Å². The van der Waals surface area contributed by atoms with E-state index in [9.17, 15) is 39.9 Å². The zero-order valence-electron chi connectivity index (χ0n) is 33.4. The average molecular weight is 834 g/mol. The van der Waals surface area contributed by atoms with Crippen LogP contribution in [0.5, 0.6) is 5.75 Å². The third-order valence-electron chi connectivity index (χ3n) is 10.8. The van der Waals surface area contributed by atoms with Crippen molar-refractivity contribution < 1.29 is 63.6 Å². The van der Waals surface area contributed by atoms with Gasteiger partial charge >= 0.3 is 5.97 Å². The first-order valence-electron chi connectivity index (χ1n) is 20.4. The quantitative estimate of drug-likeness (QED) is 0.114. The summed E-state index contributed by atoms with van der Waals surface area (Å²) >= 11 is 0. The zero-order chi connectivity index (χ0) is 42.6. The molecule has 60 heavy (non-hydrogen) atoms. The molecule has 324 valence electrons. The SMILES string of the molecule is C[C@@H]1O[C@@H](Oc2ccc([C@@H]3CC(=O)NCCCN(C(=O)/C=C\c4ccccc4)CCCCN3)cc2)[C@H](O[C@@H]2O[C@H](COC(=O)c3ccccc3)[C@H](O)[C@H](O)[C@H]2O)[C@H](O)[C@H]1O. The highest BCUT2D eigenvalue weighted by atomic mass is 16.8. The van der Waals surface area contributed by atoms with Crippen molar-refractivity contribution in [2.75, 3.05) is 32.8 Å². The van der Waals surface area contributed by atoms with Crippen LogP contribution in [0.3, 0.4) is 0 Å². The molecule has 3 fully saturated rings. The van der Waals surface area contributed by atoms with Gasteiger partial charge in [-0.1, -0.05) is 60.7 Å². The molecular formula is C44H55N3O13. The fraction of sp³-hybridized carbons (Fsp3) is 0.477. The summed E-state index contributed by atoms with van der Waals surface area (Å²) in [6.45, 7) is 3.16. The van der Waals surface area contributed by atoms with Gasteiger partial charge in [-0.3, -0.25) is 9.59 Å². The normalized spacial score (nSPS) is 30.9. The Morgan fingerprint density at radius 3 is 2.22 bits per heavy atom. The van der Waals surface area contributed by atoms with Gasteiger partial charge in [0.1, 0.15) is 49.0 Å². The highest BCUT2D eigenvalue weighted by molar-refractivity contribution is 5.91. The molecule has 7 N–H and O–H groups in total. The summed E-state index contributed by atoms with van der Waals surface area (Å²) in [6, 6.07) is 24.3. The van der Waals surface area contributed by atoms with Gasteiger partial charge in [0, 0.05) is 38.2 Å². The van der Waals surface area contributed by atoms with Crippen LogP contribution in [-0.4, -0.2) is 142 Å². The van der Waals surface area contributed by atoms with Crippen molar-refractivity contribution in [2.24, 2.45) is 0 Å². The average Bonchev–Trinajstić information content (AvgIpc) is 3.28. The molecule has 6 rings (SSSR count). The minimum atomic E-state index is -1.81. The van der Waals surface area contributed by atoms with E-state index in [2.05, 4.69) is 10.6 Å². The molecule has 0 saturated carbocycles. The minimum absolute atomic E-state index is 0.0731. The lowest BCUT2D eigenvalue weighted by Crippen LogP contribution is -2.64. The van der Waals surface area contributed by atoms with Gasteiger partial charge in [0.25, 0.3) is 0 Å². The van der Waals surface area contributed by atoms with Gasteiger partial charge in [0.05, 0.1) is 11.7 Å². The molecular weight excluding hydrogens is 778 g/mol. The Morgan fingerprint density at radius 2 is 1.48 bits per heavy atom. The Labute approximate surface area is 348 Å². The third-order valence-corrected chi connectivity index (χ3v) is 10.8. The third kappa shape index (κ3) is 12.0. The van der Waals surface area contributed by atoms with Crippen molar-refractivity contribution >= 4 is 23.9 Å². The molecule has 3 aromatic rings. The number of nitrogens with one attached hydrogen (secondary N) is 2. The summed E-state index contributed by atoms with van der Waals surface area (Å²) in [5.41, 5.74) is 2.00. The van der Waals surface area contributed by atoms with Crippen LogP contribution >= 0.6 is 0 Å². The molecule has 3 aliphatic heterocycles. The van der Waals surface area contributed by atoms with Crippen molar-refractivity contribution in [1.29, 1.82) is 0 Å². The maximum absolute atomic E-state index is 13.0. The number of aliphatic hydroxyl groups excluding tert-OH is 5. The molecule has 11 atom stereocenters. The second kappa shape index (κ2) is 21.7. The monoisotopic (exact) mass is 833 g/mol. The first kappa shape index (κ1) is 44.8. The molecule has 0 bridgehead atoms. The van der Waals surface area contributed by atoms with E-state index in [-0.39, 0.29) is 29.8 Å². The van der Waals surface area contributed by atoms with Crippen molar-refractivity contribution in [1.82, 2.24) is 15.5 Å². The van der Waals surface area contributed by atoms with Crippen LogP contribution in [-0.2, 0) is 28.5 Å². The number of benzene rings is 3. The van der Waals surface area contributed by atoms with Crippen LogP contribution in [0.2, 0.25) is 0 Å². The van der Waals surface area contributed by atoms with Gasteiger partial charge < -0.3 is 64.8 Å². The maximum atomic E-state index is 13.0. The first-order valence-corrected chi connectivity index (χ1v) is 20.4. The summed E-state index contributed by atoms with van der Waals surface area (Å²) in [5.74, 6) is -0.630. The molecule has 3 heterocycles. The van der Waals surface area contributed by atoms with Gasteiger partial charge in [-0.05, 0) is 74.2 Å². The molecule has 0 unspecified atom stereocenters. The van der Waals surface area contributed by atoms with Crippen molar-refractivity contribution in [3.05, 3.63) is 108 Å². The van der Waals surface area contributed by atoms with Gasteiger partial charge in [-0.25, -0.2) is 4.79 Å². The van der Waals surface area contributed by atoms with Gasteiger partial charge in [0.2, 0.25) is 18.1 Å². The van der Waals surface area contributed by atoms with Crippen LogP contribution in [0.25, 0.3) is 6.08 Å². The lowest BCUT2D eigenvalue weighted by atomic mass is 9.97. The molecule has 0 radical (unpaired) electrons. The Bertz CT molecular complexity index is 1850. The molecule has 0 aromatic heterocycles. The summed E-state index contributed by atoms with van der Waals surface area (Å²) in [7, 11) is 0. The maximum Gasteiger partial charge on any atom is 0.338 e. The number of hydrogen-bond acceptors (Lipinski definition) is 14. The van der Waals surface area contributed by atoms with Crippen LogP contribution < -0.4 is 15.4 Å². The molecule has 16 heteroatoms. The number of nitrogens with zero attached hydrogens (tertiary/aromatic N) is 1. The summed E-state index contributed by atoms with van der Waals surface area (Å²) in [4.78, 5) is 40.4. The summed E-state index contributed by atoms with van der Waals surface area (Å²) < 4.78 is 29.0. The lowest BCUT2D eigenvalue weighted by molar-refractivity contribution is -0.355. The largest absolute Gasteiger partial charge is 0.462 e. The van der Waals surface area contributed by atoms with E-state index in [1.165, 1.54) is 6.92 Å². The lowest BCUT2D eigenvalue weighted by Gasteiger charge is -2.45. The van der Waals surface area contributed by atoms with Crippen LogP contribution in [0.4, 0.5) is 0 Å². The molecule has 3 aromatic carbocycles. The van der Waals surface area contributed by atoms with Gasteiger partial charge in [-0.2, -0.15) is 0 Å². The number of carbonyl (C=O) groups excluding carboxylic acids is 3. The van der Waals surface area contributed by atoms with E-state index in [0.717, 1.165) is 24.0 Å².